The molecule has 9 heteroatoms. The number of nitrogens with one attached hydrogen (secondary N) is 2. The summed E-state index contributed by atoms with van der Waals surface area (Å²) in [7, 11) is 0. The number of hydrogen-bond donors (Lipinski definition) is 3. The van der Waals surface area contributed by atoms with Crippen LogP contribution in [0.2, 0.25) is 0 Å². The number of fused-ring (bicyclic) bond motifs is 1. The third-order valence-corrected chi connectivity index (χ3v) is 6.57. The van der Waals surface area contributed by atoms with Crippen LogP contribution in [0.4, 0.5) is 17.6 Å². The molecule has 0 spiro atoms. The number of piperidine rings is 1. The minimum atomic E-state index is -0.147. The number of nitrogens with two attached hydrogens (primary N) is 1. The summed E-state index contributed by atoms with van der Waals surface area (Å²) < 4.78 is 1.76. The van der Waals surface area contributed by atoms with Crippen LogP contribution in [0.25, 0.3) is 5.65 Å². The van der Waals surface area contributed by atoms with Gasteiger partial charge in [0.15, 0.2) is 5.65 Å². The van der Waals surface area contributed by atoms with Gasteiger partial charge in [-0.2, -0.15) is 19.6 Å². The second kappa shape index (κ2) is 10.3. The maximum absolute atomic E-state index is 12.7. The van der Waals surface area contributed by atoms with Gasteiger partial charge in [-0.25, -0.2) is 0 Å². The van der Waals surface area contributed by atoms with E-state index in [0.717, 1.165) is 48.4 Å². The largest absolute Gasteiger partial charge is 0.350 e. The zero-order chi connectivity index (χ0) is 25.1. The maximum Gasteiger partial charge on any atom is 0.255 e. The molecule has 0 bridgehead atoms. The molecule has 3 heterocycles. The fraction of sp³-hybridized carbons (Fsp3) is 0.333. The summed E-state index contributed by atoms with van der Waals surface area (Å²) in [6.45, 7) is 6.39. The van der Waals surface area contributed by atoms with Gasteiger partial charge >= 0.3 is 0 Å². The SMILES string of the molecule is CC(C)c1cnn2c(NCc3ccccc3NC(=O)c3ccccc3)nc(N3CCC(N)CC3)nc12. The number of carbonyl (C=O) groups excluding carboxylic acids is 1. The monoisotopic (exact) mass is 484 g/mol. The molecular weight excluding hydrogens is 452 g/mol. The molecule has 1 fully saturated rings. The maximum atomic E-state index is 12.7. The highest BCUT2D eigenvalue weighted by atomic mass is 16.1. The Balaban J connectivity index is 1.42. The molecule has 4 N–H and O–H groups in total. The van der Waals surface area contributed by atoms with Crippen molar-refractivity contribution in [2.24, 2.45) is 5.73 Å². The van der Waals surface area contributed by atoms with Crippen molar-refractivity contribution in [3.05, 3.63) is 77.5 Å². The molecule has 1 aliphatic rings. The molecule has 5 rings (SSSR count). The van der Waals surface area contributed by atoms with E-state index in [9.17, 15) is 4.79 Å². The van der Waals surface area contributed by atoms with Crippen LogP contribution >= 0.6 is 0 Å². The van der Waals surface area contributed by atoms with Gasteiger partial charge in [-0.3, -0.25) is 4.79 Å². The van der Waals surface area contributed by atoms with Gasteiger partial charge in [-0.15, -0.1) is 0 Å². The first-order valence-corrected chi connectivity index (χ1v) is 12.4. The highest BCUT2D eigenvalue weighted by molar-refractivity contribution is 6.04. The molecule has 36 heavy (non-hydrogen) atoms. The fourth-order valence-corrected chi connectivity index (χ4v) is 4.40. The molecule has 0 aliphatic carbocycles. The molecule has 0 unspecified atom stereocenters. The van der Waals surface area contributed by atoms with Crippen molar-refractivity contribution in [1.29, 1.82) is 0 Å². The number of nitrogens with zero attached hydrogens (tertiary/aromatic N) is 5. The normalized spacial score (nSPS) is 14.4. The van der Waals surface area contributed by atoms with Crippen molar-refractivity contribution in [3.63, 3.8) is 0 Å². The van der Waals surface area contributed by atoms with Crippen molar-refractivity contribution in [3.8, 4) is 0 Å². The number of anilines is 3. The molecule has 9 nitrogen and oxygen atoms in total. The van der Waals surface area contributed by atoms with E-state index in [0.29, 0.717) is 24.0 Å². The van der Waals surface area contributed by atoms with E-state index in [1.54, 1.807) is 16.6 Å². The van der Waals surface area contributed by atoms with Crippen LogP contribution in [0.1, 0.15) is 54.1 Å². The topological polar surface area (TPSA) is 113 Å². The number of carbonyl (C=O) groups is 1. The Morgan fingerprint density at radius 2 is 1.78 bits per heavy atom. The van der Waals surface area contributed by atoms with Crippen LogP contribution in [0.3, 0.4) is 0 Å². The Morgan fingerprint density at radius 3 is 2.53 bits per heavy atom. The number of hydrogen-bond acceptors (Lipinski definition) is 7. The van der Waals surface area contributed by atoms with Crippen LogP contribution in [0.5, 0.6) is 0 Å². The standard InChI is InChI=1S/C27H32N8O/c1-18(2)22-17-30-35-24(22)32-27(34-14-12-21(28)13-15-34)33-26(35)29-16-20-10-6-7-11-23(20)31-25(36)19-8-4-3-5-9-19/h3-11,17-18,21H,12-16,28H2,1-2H3,(H,31,36)(H,29,32,33). The van der Waals surface area contributed by atoms with Crippen molar-refractivity contribution < 1.29 is 4.79 Å². The number of benzene rings is 2. The minimum absolute atomic E-state index is 0.147. The third kappa shape index (κ3) is 5.01. The van der Waals surface area contributed by atoms with Gasteiger partial charge in [-0.1, -0.05) is 50.2 Å². The van der Waals surface area contributed by atoms with E-state index in [-0.39, 0.29) is 17.9 Å². The molecule has 1 aliphatic heterocycles. The first kappa shape index (κ1) is 23.7. The van der Waals surface area contributed by atoms with E-state index in [1.165, 1.54) is 0 Å². The van der Waals surface area contributed by atoms with Crippen LogP contribution in [0, 0.1) is 0 Å². The lowest BCUT2D eigenvalue weighted by Gasteiger charge is -2.30. The van der Waals surface area contributed by atoms with Gasteiger partial charge in [0.25, 0.3) is 5.91 Å². The van der Waals surface area contributed by atoms with E-state index < -0.39 is 0 Å². The molecule has 0 radical (unpaired) electrons. The first-order valence-electron chi connectivity index (χ1n) is 12.4. The lowest BCUT2D eigenvalue weighted by atomic mass is 10.1. The average Bonchev–Trinajstić information content (AvgIpc) is 3.33. The molecule has 1 saturated heterocycles. The molecule has 4 aromatic rings. The highest BCUT2D eigenvalue weighted by Gasteiger charge is 2.22. The Kier molecular flexibility index (Phi) is 6.81. The van der Waals surface area contributed by atoms with E-state index in [2.05, 4.69) is 34.5 Å². The zero-order valence-electron chi connectivity index (χ0n) is 20.7. The number of para-hydroxylation sites is 1. The summed E-state index contributed by atoms with van der Waals surface area (Å²) in [4.78, 5) is 24.7. The van der Waals surface area contributed by atoms with Gasteiger partial charge in [0.2, 0.25) is 11.9 Å². The summed E-state index contributed by atoms with van der Waals surface area (Å²) in [5.41, 5.74) is 10.3. The Morgan fingerprint density at radius 1 is 1.06 bits per heavy atom. The minimum Gasteiger partial charge on any atom is -0.350 e. The van der Waals surface area contributed by atoms with Gasteiger partial charge in [0.05, 0.1) is 6.20 Å². The summed E-state index contributed by atoms with van der Waals surface area (Å²) in [5.74, 6) is 1.43. The van der Waals surface area contributed by atoms with E-state index >= 15 is 0 Å². The first-order chi connectivity index (χ1) is 17.5. The smallest absolute Gasteiger partial charge is 0.255 e. The highest BCUT2D eigenvalue weighted by Crippen LogP contribution is 2.25. The van der Waals surface area contributed by atoms with Crippen LogP contribution < -0.4 is 21.3 Å². The average molecular weight is 485 g/mol. The summed E-state index contributed by atoms with van der Waals surface area (Å²) in [6.07, 6.45) is 3.70. The van der Waals surface area contributed by atoms with Crippen LogP contribution in [-0.2, 0) is 6.54 Å². The van der Waals surface area contributed by atoms with Gasteiger partial charge < -0.3 is 21.3 Å². The molecule has 2 aromatic carbocycles. The lowest BCUT2D eigenvalue weighted by molar-refractivity contribution is 0.102. The van der Waals surface area contributed by atoms with Crippen molar-refractivity contribution >= 4 is 29.1 Å². The number of rotatable bonds is 7. The quantitative estimate of drug-likeness (QED) is 0.363. The summed E-state index contributed by atoms with van der Waals surface area (Å²) >= 11 is 0. The van der Waals surface area contributed by atoms with Gasteiger partial charge in [0.1, 0.15) is 0 Å². The predicted molar refractivity (Wildman–Crippen MR) is 142 cm³/mol. The lowest BCUT2D eigenvalue weighted by Crippen LogP contribution is -2.40. The van der Waals surface area contributed by atoms with Crippen molar-refractivity contribution in [1.82, 2.24) is 19.6 Å². The Bertz CT molecular complexity index is 1340. The number of amides is 1. The fourth-order valence-electron chi connectivity index (χ4n) is 4.40. The molecule has 0 saturated carbocycles. The molecule has 1 amide bonds. The van der Waals surface area contributed by atoms with Crippen molar-refractivity contribution in [2.45, 2.75) is 45.2 Å². The van der Waals surface area contributed by atoms with Crippen molar-refractivity contribution in [2.75, 3.05) is 28.6 Å². The van der Waals surface area contributed by atoms with Crippen LogP contribution in [-0.4, -0.2) is 44.6 Å². The van der Waals surface area contributed by atoms with E-state index in [1.807, 2.05) is 48.7 Å². The zero-order valence-corrected chi connectivity index (χ0v) is 20.7. The van der Waals surface area contributed by atoms with Gasteiger partial charge in [-0.05, 0) is 42.5 Å². The van der Waals surface area contributed by atoms with E-state index in [4.69, 9.17) is 15.7 Å². The molecule has 0 atom stereocenters. The Labute approximate surface area is 210 Å². The predicted octanol–water partition coefficient (Wildman–Crippen LogP) is 4.04. The molecular formula is C27H32N8O. The second-order valence-corrected chi connectivity index (χ2v) is 9.49. The van der Waals surface area contributed by atoms with Gasteiger partial charge in [0, 0.05) is 42.5 Å². The van der Waals surface area contributed by atoms with Crippen LogP contribution in [0.15, 0.2) is 60.8 Å². The second-order valence-electron chi connectivity index (χ2n) is 9.49. The third-order valence-electron chi connectivity index (χ3n) is 6.57. The summed E-state index contributed by atoms with van der Waals surface area (Å²) in [6, 6.07) is 17.2. The molecule has 2 aromatic heterocycles. The molecule has 186 valence electrons. The Hall–Kier alpha value is -3.98. The number of aromatic nitrogens is 4. The summed E-state index contributed by atoms with van der Waals surface area (Å²) in [5, 5.41) is 11.1.